The minimum atomic E-state index is -0.764. The number of esters is 1. The molecular weight excluding hydrogens is 657 g/mol. The van der Waals surface area contributed by atoms with Crippen molar-refractivity contribution in [2.75, 3.05) is 0 Å². The maximum atomic E-state index is 14.0. The van der Waals surface area contributed by atoms with Crippen molar-refractivity contribution in [3.63, 3.8) is 0 Å². The number of amides is 1. The quantitative estimate of drug-likeness (QED) is 0.274. The van der Waals surface area contributed by atoms with Crippen molar-refractivity contribution in [3.05, 3.63) is 47.0 Å². The zero-order chi connectivity index (χ0) is 38.1. The molecule has 7 aliphatic carbocycles. The van der Waals surface area contributed by atoms with E-state index in [-0.39, 0.29) is 68.6 Å². The number of nitrogens with two attached hydrogens (primary N) is 1. The highest BCUT2D eigenvalue weighted by atomic mass is 16.5. The number of nitrogens with one attached hydrogen (secondary N) is 1. The molecule has 6 nitrogen and oxygen atoms in total. The Hall–Kier alpha value is -2.47. The second-order valence-electron chi connectivity index (χ2n) is 21.7. The number of rotatable bonds is 7. The van der Waals surface area contributed by atoms with Crippen LogP contribution in [0.25, 0.3) is 0 Å². The molecule has 10 atom stereocenters. The Morgan fingerprint density at radius 3 is 2.17 bits per heavy atom. The number of ether oxygens (including phenoxy) is 1. The van der Waals surface area contributed by atoms with Crippen molar-refractivity contribution in [2.24, 2.45) is 68.3 Å². The van der Waals surface area contributed by atoms with Gasteiger partial charge in [-0.2, -0.15) is 0 Å². The van der Waals surface area contributed by atoms with Crippen molar-refractivity contribution in [3.8, 4) is 0 Å². The Kier molecular flexibility index (Phi) is 8.49. The first-order valence-corrected chi connectivity index (χ1v) is 21.4. The maximum Gasteiger partial charge on any atom is 0.309 e. The molecule has 290 valence electrons. The topological polar surface area (TPSA) is 98.5 Å². The number of benzene rings is 1. The summed E-state index contributed by atoms with van der Waals surface area (Å²) in [6.07, 6.45) is 12.0. The van der Waals surface area contributed by atoms with Gasteiger partial charge in [0.15, 0.2) is 5.78 Å². The van der Waals surface area contributed by atoms with E-state index in [2.05, 4.69) is 98.0 Å². The zero-order valence-electron chi connectivity index (χ0n) is 34.3. The molecule has 0 bridgehead atoms. The smallest absolute Gasteiger partial charge is 0.309 e. The second-order valence-corrected chi connectivity index (χ2v) is 21.7. The van der Waals surface area contributed by atoms with Gasteiger partial charge in [-0.15, -0.1) is 0 Å². The van der Waals surface area contributed by atoms with Gasteiger partial charge in [0.25, 0.3) is 0 Å². The van der Waals surface area contributed by atoms with E-state index in [0.717, 1.165) is 82.6 Å². The molecule has 53 heavy (non-hydrogen) atoms. The summed E-state index contributed by atoms with van der Waals surface area (Å²) in [6.45, 7) is 21.4. The minimum Gasteiger partial charge on any atom is -0.462 e. The van der Waals surface area contributed by atoms with Crippen molar-refractivity contribution in [1.29, 1.82) is 0 Å². The highest BCUT2D eigenvalue weighted by molar-refractivity contribution is 6.03. The molecule has 6 fully saturated rings. The molecule has 1 aromatic carbocycles. The molecule has 6 saturated carbocycles. The van der Waals surface area contributed by atoms with Crippen LogP contribution in [-0.2, 0) is 25.5 Å². The third-order valence-electron chi connectivity index (χ3n) is 18.3. The SMILES string of the molecule is CC(C)C1=C2[C@H]3CC[C@@H]4[C@@]5(C)CC[C@H](OC(=O)[C@H]6C[C@@H](Cc7ccccc7)C6(C)C)C(C)(C)[C@@H]5CC[C@@]4(C)[C@]3(C)CC[C@@]2(NC(=O)C2(N)CC2)CC1=O. The van der Waals surface area contributed by atoms with Gasteiger partial charge in [0.1, 0.15) is 6.10 Å². The summed E-state index contributed by atoms with van der Waals surface area (Å²) in [4.78, 5) is 41.4. The third-order valence-corrected chi connectivity index (χ3v) is 18.3. The van der Waals surface area contributed by atoms with E-state index in [1.54, 1.807) is 0 Å². The largest absolute Gasteiger partial charge is 0.462 e. The molecule has 0 spiro atoms. The summed E-state index contributed by atoms with van der Waals surface area (Å²) >= 11 is 0. The highest BCUT2D eigenvalue weighted by Gasteiger charge is 2.71. The number of fused-ring (bicyclic) bond motifs is 7. The average molecular weight is 725 g/mol. The van der Waals surface area contributed by atoms with Crippen LogP contribution in [0.3, 0.4) is 0 Å². The monoisotopic (exact) mass is 725 g/mol. The van der Waals surface area contributed by atoms with Crippen molar-refractivity contribution in [1.82, 2.24) is 5.32 Å². The molecule has 0 heterocycles. The molecule has 0 radical (unpaired) electrons. The van der Waals surface area contributed by atoms with Gasteiger partial charge in [-0.3, -0.25) is 14.4 Å². The van der Waals surface area contributed by atoms with Crippen LogP contribution in [-0.4, -0.2) is 34.8 Å². The minimum absolute atomic E-state index is 0.0232. The fourth-order valence-electron chi connectivity index (χ4n) is 14.5. The summed E-state index contributed by atoms with van der Waals surface area (Å²) in [7, 11) is 0. The van der Waals surface area contributed by atoms with Crippen LogP contribution in [0.15, 0.2) is 41.5 Å². The van der Waals surface area contributed by atoms with E-state index in [0.29, 0.717) is 24.2 Å². The average Bonchev–Trinajstić information content (AvgIpc) is 3.77. The first-order chi connectivity index (χ1) is 24.7. The van der Waals surface area contributed by atoms with Gasteiger partial charge in [0, 0.05) is 11.8 Å². The second kappa shape index (κ2) is 12.0. The molecule has 8 rings (SSSR count). The van der Waals surface area contributed by atoms with E-state index in [9.17, 15) is 14.4 Å². The van der Waals surface area contributed by atoms with Crippen LogP contribution in [0.2, 0.25) is 0 Å². The van der Waals surface area contributed by atoms with Crippen molar-refractivity contribution < 1.29 is 19.1 Å². The van der Waals surface area contributed by atoms with E-state index >= 15 is 0 Å². The van der Waals surface area contributed by atoms with E-state index in [1.807, 2.05) is 0 Å². The summed E-state index contributed by atoms with van der Waals surface area (Å²) in [5.41, 5.74) is 8.80. The van der Waals surface area contributed by atoms with Crippen LogP contribution in [0.1, 0.15) is 145 Å². The Balaban J connectivity index is 1.02. The summed E-state index contributed by atoms with van der Waals surface area (Å²) in [5, 5.41) is 3.48. The van der Waals surface area contributed by atoms with E-state index in [1.165, 1.54) is 11.1 Å². The lowest BCUT2D eigenvalue weighted by atomic mass is 9.33. The Morgan fingerprint density at radius 2 is 1.53 bits per heavy atom. The van der Waals surface area contributed by atoms with Gasteiger partial charge in [-0.25, -0.2) is 0 Å². The Morgan fingerprint density at radius 1 is 0.830 bits per heavy atom. The molecular formula is C47H68N2O4. The first kappa shape index (κ1) is 37.5. The number of hydrogen-bond donors (Lipinski definition) is 2. The normalized spacial score (nSPS) is 43.1. The fraction of sp³-hybridized carbons (Fsp3) is 0.766. The number of hydrogen-bond acceptors (Lipinski definition) is 5. The van der Waals surface area contributed by atoms with Gasteiger partial charge in [-0.05, 0) is 145 Å². The van der Waals surface area contributed by atoms with Gasteiger partial charge in [0.2, 0.25) is 5.91 Å². The zero-order valence-corrected chi connectivity index (χ0v) is 34.3. The van der Waals surface area contributed by atoms with Crippen molar-refractivity contribution in [2.45, 2.75) is 163 Å². The highest BCUT2D eigenvalue weighted by Crippen LogP contribution is 2.76. The Labute approximate surface area is 319 Å². The predicted octanol–water partition coefficient (Wildman–Crippen LogP) is 9.14. The number of carbonyl (C=O) groups excluding carboxylic acids is 3. The fourth-order valence-corrected chi connectivity index (χ4v) is 14.5. The molecule has 1 aromatic rings. The van der Waals surface area contributed by atoms with Crippen LogP contribution < -0.4 is 11.1 Å². The molecule has 0 aromatic heterocycles. The number of Topliss-reactive ketones (excluding diaryl/α,β-unsaturated/α-hetero) is 1. The predicted molar refractivity (Wildman–Crippen MR) is 209 cm³/mol. The van der Waals surface area contributed by atoms with Gasteiger partial charge >= 0.3 is 5.97 Å². The number of carbonyl (C=O) groups is 3. The van der Waals surface area contributed by atoms with E-state index in [4.69, 9.17) is 10.5 Å². The van der Waals surface area contributed by atoms with Crippen LogP contribution in [0.5, 0.6) is 0 Å². The van der Waals surface area contributed by atoms with Crippen LogP contribution in [0.4, 0.5) is 0 Å². The maximum absolute atomic E-state index is 14.0. The lowest BCUT2D eigenvalue weighted by Crippen LogP contribution is -2.68. The van der Waals surface area contributed by atoms with Gasteiger partial charge in [0.05, 0.1) is 17.0 Å². The number of allylic oxidation sites excluding steroid dienone is 1. The molecule has 7 aliphatic rings. The molecule has 3 N–H and O–H groups in total. The molecule has 0 saturated heterocycles. The van der Waals surface area contributed by atoms with Gasteiger partial charge in [-0.1, -0.05) is 92.6 Å². The summed E-state index contributed by atoms with van der Waals surface area (Å²) in [5.74, 6) is 2.07. The van der Waals surface area contributed by atoms with Crippen molar-refractivity contribution >= 4 is 17.7 Å². The lowest BCUT2D eigenvalue weighted by molar-refractivity contribution is -0.235. The number of ketones is 1. The summed E-state index contributed by atoms with van der Waals surface area (Å²) in [6, 6.07) is 10.7. The summed E-state index contributed by atoms with van der Waals surface area (Å²) < 4.78 is 6.65. The molecule has 0 aliphatic heterocycles. The standard InChI is InChI=1S/C47H68N2O4/c1-28(2)37-33(50)27-47(49-40(52)46(48)22-23-46)24-21-44(8)31(38(37)47)15-16-35-43(7)19-18-36(42(5,6)34(43)17-20-45(35,44)9)53-39(51)32-26-30(41(32,3)4)25-29-13-11-10-12-14-29/h10-14,28,30-32,34-36H,15-27,48H2,1-9H3,(H,49,52)/t30-,31-,32-,34+,35-,36+,43+,44-,45-,47-/m1/s1. The van der Waals surface area contributed by atoms with Gasteiger partial charge < -0.3 is 15.8 Å². The van der Waals surface area contributed by atoms with Crippen LogP contribution >= 0.6 is 0 Å². The molecule has 0 unspecified atom stereocenters. The molecule has 6 heteroatoms. The molecule has 1 amide bonds. The first-order valence-electron chi connectivity index (χ1n) is 21.4. The third kappa shape index (κ3) is 5.28. The Bertz CT molecular complexity index is 1720. The lowest BCUT2D eigenvalue weighted by Gasteiger charge is -2.72. The van der Waals surface area contributed by atoms with Crippen LogP contribution in [0, 0.1) is 62.6 Å². The van der Waals surface area contributed by atoms with E-state index < -0.39 is 11.1 Å².